The average molecular weight is 288 g/mol. The van der Waals surface area contributed by atoms with Gasteiger partial charge in [0.2, 0.25) is 0 Å². The molecule has 2 atom stereocenters. The van der Waals surface area contributed by atoms with E-state index in [-0.39, 0.29) is 11.6 Å². The molecule has 3 rings (SSSR count). The van der Waals surface area contributed by atoms with Crippen molar-refractivity contribution in [2.24, 2.45) is 11.8 Å². The summed E-state index contributed by atoms with van der Waals surface area (Å²) in [6.07, 6.45) is -4.81. The van der Waals surface area contributed by atoms with Crippen molar-refractivity contribution in [3.63, 3.8) is 0 Å². The fraction of sp³-hybridized carbons (Fsp3) is 0.462. The van der Waals surface area contributed by atoms with E-state index in [1.165, 1.54) is 0 Å². The Bertz CT molecular complexity index is 548. The summed E-state index contributed by atoms with van der Waals surface area (Å²) in [4.78, 5) is 11.9. The number of nitrogens with one attached hydrogen (secondary N) is 2. The van der Waals surface area contributed by atoms with Crippen molar-refractivity contribution in [1.82, 2.24) is 10.6 Å². The van der Waals surface area contributed by atoms with E-state index < -0.39 is 23.5 Å². The van der Waals surface area contributed by atoms with Crippen LogP contribution in [0.15, 0.2) is 18.2 Å². The monoisotopic (exact) mass is 288 g/mol. The number of fused-ring (bicyclic) bond motifs is 1. The summed E-state index contributed by atoms with van der Waals surface area (Å²) in [5.41, 5.74) is -1.58. The van der Waals surface area contributed by atoms with Gasteiger partial charge in [-0.05, 0) is 30.0 Å². The fourth-order valence-electron chi connectivity index (χ4n) is 2.75. The molecule has 3 nitrogen and oxygen atoms in total. The van der Waals surface area contributed by atoms with Crippen molar-refractivity contribution in [1.29, 1.82) is 0 Å². The van der Waals surface area contributed by atoms with Gasteiger partial charge < -0.3 is 10.6 Å². The maximum absolute atomic E-state index is 13.1. The van der Waals surface area contributed by atoms with Gasteiger partial charge >= 0.3 is 6.18 Å². The molecule has 2 aliphatic rings. The van der Waals surface area contributed by atoms with Gasteiger partial charge in [-0.2, -0.15) is 13.2 Å². The number of rotatable bonds is 2. The van der Waals surface area contributed by atoms with Gasteiger partial charge in [-0.15, -0.1) is 0 Å². The first-order chi connectivity index (χ1) is 9.38. The van der Waals surface area contributed by atoms with Crippen molar-refractivity contribution in [2.75, 3.05) is 13.1 Å². The minimum Gasteiger partial charge on any atom is -0.349 e. The normalized spacial score (nSPS) is 28.1. The maximum atomic E-state index is 13.1. The van der Waals surface area contributed by atoms with Crippen LogP contribution in [0.3, 0.4) is 0 Å². The number of hydrogen-bond donors (Lipinski definition) is 2. The largest absolute Gasteiger partial charge is 0.419 e. The predicted molar refractivity (Wildman–Crippen MR) is 62.5 cm³/mol. The zero-order chi connectivity index (χ0) is 14.5. The first-order valence-corrected chi connectivity index (χ1v) is 6.26. The van der Waals surface area contributed by atoms with Crippen LogP contribution in [-0.4, -0.2) is 25.0 Å². The highest BCUT2D eigenvalue weighted by Crippen LogP contribution is 2.41. The second-order valence-corrected chi connectivity index (χ2v) is 5.18. The highest BCUT2D eigenvalue weighted by atomic mass is 19.4. The van der Waals surface area contributed by atoms with E-state index in [0.717, 1.165) is 19.2 Å². The molecule has 1 amide bonds. The molecule has 0 aromatic heterocycles. The van der Waals surface area contributed by atoms with Gasteiger partial charge in [0, 0.05) is 24.7 Å². The van der Waals surface area contributed by atoms with E-state index in [2.05, 4.69) is 10.6 Å². The minimum absolute atomic E-state index is 0.0168. The van der Waals surface area contributed by atoms with E-state index >= 15 is 0 Å². The van der Waals surface area contributed by atoms with Gasteiger partial charge in [-0.1, -0.05) is 0 Å². The number of alkyl halides is 3. The predicted octanol–water partition coefficient (Wildman–Crippen LogP) is 1.79. The summed E-state index contributed by atoms with van der Waals surface area (Å²) < 4.78 is 50.9. The van der Waals surface area contributed by atoms with E-state index in [1.807, 2.05) is 0 Å². The third-order valence-electron chi connectivity index (χ3n) is 3.92. The number of benzene rings is 1. The first kappa shape index (κ1) is 13.4. The van der Waals surface area contributed by atoms with E-state index in [1.54, 1.807) is 0 Å². The molecule has 2 unspecified atom stereocenters. The maximum Gasteiger partial charge on any atom is 0.419 e. The molecular formula is C13H12F4N2O. The van der Waals surface area contributed by atoms with Crippen LogP contribution < -0.4 is 10.6 Å². The Morgan fingerprint density at radius 3 is 2.50 bits per heavy atom. The van der Waals surface area contributed by atoms with Crippen LogP contribution >= 0.6 is 0 Å². The molecule has 1 heterocycles. The highest BCUT2D eigenvalue weighted by Gasteiger charge is 2.53. The smallest absolute Gasteiger partial charge is 0.349 e. The van der Waals surface area contributed by atoms with Crippen molar-refractivity contribution in [3.8, 4) is 0 Å². The molecule has 1 aromatic rings. The van der Waals surface area contributed by atoms with Crippen LogP contribution in [0.4, 0.5) is 17.6 Å². The topological polar surface area (TPSA) is 41.1 Å². The van der Waals surface area contributed by atoms with Gasteiger partial charge in [-0.3, -0.25) is 4.79 Å². The molecule has 20 heavy (non-hydrogen) atoms. The van der Waals surface area contributed by atoms with Gasteiger partial charge in [0.25, 0.3) is 5.91 Å². The molecule has 2 N–H and O–H groups in total. The van der Waals surface area contributed by atoms with Gasteiger partial charge in [0.15, 0.2) is 0 Å². The van der Waals surface area contributed by atoms with Crippen LogP contribution in [0.1, 0.15) is 15.9 Å². The van der Waals surface area contributed by atoms with Crippen LogP contribution in [-0.2, 0) is 6.18 Å². The Kier molecular flexibility index (Phi) is 2.97. The van der Waals surface area contributed by atoms with Crippen molar-refractivity contribution < 1.29 is 22.4 Å². The lowest BCUT2D eigenvalue weighted by atomic mass is 10.1. The van der Waals surface area contributed by atoms with Crippen molar-refractivity contribution in [3.05, 3.63) is 35.1 Å². The quantitative estimate of drug-likeness (QED) is 0.815. The Labute approximate surface area is 112 Å². The number of amides is 1. The molecule has 7 heteroatoms. The fourth-order valence-corrected chi connectivity index (χ4v) is 2.75. The molecule has 1 aliphatic heterocycles. The van der Waals surface area contributed by atoms with Gasteiger partial charge in [-0.25, -0.2) is 4.39 Å². The molecule has 2 fully saturated rings. The number of carbonyl (C=O) groups excluding carboxylic acids is 1. The lowest BCUT2D eigenvalue weighted by molar-refractivity contribution is -0.140. The third-order valence-corrected chi connectivity index (χ3v) is 3.92. The molecule has 0 spiro atoms. The molecule has 1 aliphatic carbocycles. The van der Waals surface area contributed by atoms with Gasteiger partial charge in [0.05, 0.1) is 5.56 Å². The van der Waals surface area contributed by atoms with Gasteiger partial charge in [0.1, 0.15) is 5.82 Å². The third kappa shape index (κ3) is 2.26. The molecule has 0 radical (unpaired) electrons. The number of piperidine rings is 1. The Hall–Kier alpha value is -1.63. The lowest BCUT2D eigenvalue weighted by Gasteiger charge is -2.11. The standard InChI is InChI=1S/C13H12F4N2O/c14-10-2-1-6(3-9(10)13(15,16)17)12(20)19-11-7-4-18-5-8(7)11/h1-3,7-8,11,18H,4-5H2,(H,19,20). The minimum atomic E-state index is -4.81. The van der Waals surface area contributed by atoms with Crippen LogP contribution in [0.25, 0.3) is 0 Å². The molecule has 108 valence electrons. The number of carbonyl (C=O) groups is 1. The number of halogens is 4. The summed E-state index contributed by atoms with van der Waals surface area (Å²) in [5, 5.41) is 5.85. The lowest BCUT2D eigenvalue weighted by Crippen LogP contribution is -2.32. The van der Waals surface area contributed by atoms with Crippen molar-refractivity contribution in [2.45, 2.75) is 12.2 Å². The molecule has 1 saturated heterocycles. The van der Waals surface area contributed by atoms with E-state index in [9.17, 15) is 22.4 Å². The SMILES string of the molecule is O=C(NC1C2CNCC21)c1ccc(F)c(C(F)(F)F)c1. The Morgan fingerprint density at radius 1 is 1.25 bits per heavy atom. The summed E-state index contributed by atoms with van der Waals surface area (Å²) in [6, 6.07) is 2.31. The van der Waals surface area contributed by atoms with Crippen LogP contribution in [0, 0.1) is 17.7 Å². The molecular weight excluding hydrogens is 276 g/mol. The highest BCUT2D eigenvalue weighted by molar-refractivity contribution is 5.94. The second kappa shape index (κ2) is 4.44. The average Bonchev–Trinajstić information content (AvgIpc) is 2.82. The van der Waals surface area contributed by atoms with E-state index in [4.69, 9.17) is 0 Å². The zero-order valence-electron chi connectivity index (χ0n) is 10.3. The van der Waals surface area contributed by atoms with E-state index in [0.29, 0.717) is 24.0 Å². The Balaban J connectivity index is 1.75. The summed E-state index contributed by atoms with van der Waals surface area (Å²) in [6.45, 7) is 1.62. The first-order valence-electron chi connectivity index (χ1n) is 6.26. The van der Waals surface area contributed by atoms with Crippen molar-refractivity contribution >= 4 is 5.91 Å². The Morgan fingerprint density at radius 2 is 1.90 bits per heavy atom. The van der Waals surface area contributed by atoms with Crippen LogP contribution in [0.5, 0.6) is 0 Å². The molecule has 1 saturated carbocycles. The summed E-state index contributed by atoms with van der Waals surface area (Å²) >= 11 is 0. The zero-order valence-corrected chi connectivity index (χ0v) is 10.3. The second-order valence-electron chi connectivity index (χ2n) is 5.18. The summed E-state index contributed by atoms with van der Waals surface area (Å²) in [7, 11) is 0. The molecule has 0 bridgehead atoms. The van der Waals surface area contributed by atoms with Crippen LogP contribution in [0.2, 0.25) is 0 Å². The molecule has 1 aromatic carbocycles. The number of hydrogen-bond acceptors (Lipinski definition) is 2. The summed E-state index contributed by atoms with van der Waals surface area (Å²) in [5.74, 6) is -1.24.